The van der Waals surface area contributed by atoms with E-state index in [4.69, 9.17) is 4.74 Å². The summed E-state index contributed by atoms with van der Waals surface area (Å²) in [7, 11) is 1.67. The number of amides is 1. The van der Waals surface area contributed by atoms with Crippen molar-refractivity contribution in [2.75, 3.05) is 13.7 Å². The number of imidazole rings is 1. The van der Waals surface area contributed by atoms with Gasteiger partial charge in [0.15, 0.2) is 0 Å². The quantitative estimate of drug-likeness (QED) is 0.867. The third-order valence-corrected chi connectivity index (χ3v) is 4.02. The molecule has 112 valence electrons. The van der Waals surface area contributed by atoms with Crippen LogP contribution in [-0.4, -0.2) is 29.1 Å². The maximum absolute atomic E-state index is 12.1. The number of hydrogen-bond donors (Lipinski definition) is 1. The number of nitrogens with zero attached hydrogens (tertiary/aromatic N) is 2. The maximum Gasteiger partial charge on any atom is 0.223 e. The Labute approximate surface area is 120 Å². The Morgan fingerprint density at radius 2 is 2.20 bits per heavy atom. The fourth-order valence-corrected chi connectivity index (χ4v) is 2.86. The van der Waals surface area contributed by atoms with Crippen LogP contribution in [0.4, 0.5) is 0 Å². The highest BCUT2D eigenvalue weighted by atomic mass is 16.5. The molecule has 1 aliphatic carbocycles. The van der Waals surface area contributed by atoms with Crippen molar-refractivity contribution in [3.63, 3.8) is 0 Å². The lowest BCUT2D eigenvalue weighted by atomic mass is 9.89. The first-order valence-corrected chi connectivity index (χ1v) is 7.50. The number of carbonyl (C=O) groups excluding carboxylic acids is 1. The van der Waals surface area contributed by atoms with E-state index in [-0.39, 0.29) is 11.8 Å². The van der Waals surface area contributed by atoms with Gasteiger partial charge in [-0.05, 0) is 19.8 Å². The fourth-order valence-electron chi connectivity index (χ4n) is 2.86. The molecule has 0 aromatic carbocycles. The van der Waals surface area contributed by atoms with Gasteiger partial charge in [-0.15, -0.1) is 0 Å². The van der Waals surface area contributed by atoms with Crippen molar-refractivity contribution in [3.05, 3.63) is 17.7 Å². The molecule has 1 heterocycles. The maximum atomic E-state index is 12.1. The summed E-state index contributed by atoms with van der Waals surface area (Å²) in [4.78, 5) is 16.4. The zero-order valence-electron chi connectivity index (χ0n) is 12.5. The van der Waals surface area contributed by atoms with Crippen LogP contribution in [0.15, 0.2) is 6.20 Å². The first-order valence-electron chi connectivity index (χ1n) is 7.50. The third-order valence-electron chi connectivity index (χ3n) is 4.02. The molecule has 1 saturated carbocycles. The molecule has 1 aromatic heterocycles. The molecule has 0 spiro atoms. The average Bonchev–Trinajstić information content (AvgIpc) is 2.81. The number of ether oxygens (including phenoxy) is 1. The highest BCUT2D eigenvalue weighted by Gasteiger charge is 2.20. The van der Waals surface area contributed by atoms with Crippen LogP contribution in [0.25, 0.3) is 0 Å². The molecule has 0 saturated heterocycles. The van der Waals surface area contributed by atoms with Crippen molar-refractivity contribution in [1.82, 2.24) is 14.9 Å². The molecule has 1 aliphatic rings. The van der Waals surface area contributed by atoms with Gasteiger partial charge >= 0.3 is 0 Å². The topological polar surface area (TPSA) is 56.1 Å². The number of aryl methyl sites for hydroxylation is 1. The van der Waals surface area contributed by atoms with Gasteiger partial charge in [0.1, 0.15) is 12.4 Å². The van der Waals surface area contributed by atoms with Gasteiger partial charge in [0.25, 0.3) is 0 Å². The van der Waals surface area contributed by atoms with Crippen LogP contribution in [0.5, 0.6) is 0 Å². The van der Waals surface area contributed by atoms with E-state index in [0.29, 0.717) is 13.2 Å². The van der Waals surface area contributed by atoms with E-state index in [1.807, 2.05) is 13.1 Å². The molecule has 0 radical (unpaired) electrons. The molecule has 1 amide bonds. The van der Waals surface area contributed by atoms with Crippen molar-refractivity contribution in [1.29, 1.82) is 0 Å². The molecule has 0 unspecified atom stereocenters. The van der Waals surface area contributed by atoms with Crippen molar-refractivity contribution >= 4 is 5.91 Å². The van der Waals surface area contributed by atoms with Crippen molar-refractivity contribution in [2.45, 2.75) is 52.2 Å². The standard InChI is InChI=1S/C15H25N3O2/c1-12-10-17-14(11-20-2)18(12)9-8-16-15(19)13-6-4-3-5-7-13/h10,13H,3-9,11H2,1-2H3,(H,16,19). The Balaban J connectivity index is 1.80. The summed E-state index contributed by atoms with van der Waals surface area (Å²) in [6.45, 7) is 3.94. The molecule has 0 atom stereocenters. The second kappa shape index (κ2) is 7.43. The molecule has 1 aromatic rings. The molecule has 0 bridgehead atoms. The normalized spacial score (nSPS) is 16.3. The fraction of sp³-hybridized carbons (Fsp3) is 0.733. The van der Waals surface area contributed by atoms with Gasteiger partial charge in [0, 0.05) is 38.0 Å². The van der Waals surface area contributed by atoms with Gasteiger partial charge in [-0.25, -0.2) is 4.98 Å². The summed E-state index contributed by atoms with van der Waals surface area (Å²) in [5, 5.41) is 3.06. The summed E-state index contributed by atoms with van der Waals surface area (Å²) in [6.07, 6.45) is 7.60. The zero-order chi connectivity index (χ0) is 14.4. The van der Waals surface area contributed by atoms with Gasteiger partial charge < -0.3 is 14.6 Å². The van der Waals surface area contributed by atoms with Gasteiger partial charge in [0.2, 0.25) is 5.91 Å². The van der Waals surface area contributed by atoms with E-state index in [1.54, 1.807) is 7.11 Å². The number of hydrogen-bond acceptors (Lipinski definition) is 3. The van der Waals surface area contributed by atoms with Crippen LogP contribution in [0.2, 0.25) is 0 Å². The summed E-state index contributed by atoms with van der Waals surface area (Å²) in [5.41, 5.74) is 1.10. The summed E-state index contributed by atoms with van der Waals surface area (Å²) < 4.78 is 7.24. The summed E-state index contributed by atoms with van der Waals surface area (Å²) in [5.74, 6) is 1.36. The van der Waals surface area contributed by atoms with Crippen LogP contribution >= 0.6 is 0 Å². The average molecular weight is 279 g/mol. The number of methoxy groups -OCH3 is 1. The number of rotatable bonds is 6. The molecule has 1 fully saturated rings. The van der Waals surface area contributed by atoms with Crippen LogP contribution in [-0.2, 0) is 22.7 Å². The molecular formula is C15H25N3O2. The first kappa shape index (κ1) is 15.0. The monoisotopic (exact) mass is 279 g/mol. The molecule has 2 rings (SSSR count). The Morgan fingerprint density at radius 1 is 1.45 bits per heavy atom. The number of nitrogens with one attached hydrogen (secondary N) is 1. The number of aromatic nitrogens is 2. The Hall–Kier alpha value is -1.36. The number of carbonyl (C=O) groups is 1. The third kappa shape index (κ3) is 3.82. The van der Waals surface area contributed by atoms with Crippen LogP contribution in [0.1, 0.15) is 43.6 Å². The minimum Gasteiger partial charge on any atom is -0.377 e. The van der Waals surface area contributed by atoms with E-state index in [2.05, 4.69) is 14.9 Å². The Morgan fingerprint density at radius 3 is 2.90 bits per heavy atom. The highest BCUT2D eigenvalue weighted by Crippen LogP contribution is 2.23. The van der Waals surface area contributed by atoms with Crippen LogP contribution in [0.3, 0.4) is 0 Å². The minimum atomic E-state index is 0.218. The molecule has 5 heteroatoms. The molecule has 20 heavy (non-hydrogen) atoms. The van der Waals surface area contributed by atoms with Gasteiger partial charge in [-0.3, -0.25) is 4.79 Å². The largest absolute Gasteiger partial charge is 0.377 e. The van der Waals surface area contributed by atoms with Crippen LogP contribution < -0.4 is 5.32 Å². The Kier molecular flexibility index (Phi) is 5.59. The second-order valence-corrected chi connectivity index (χ2v) is 5.53. The van der Waals surface area contributed by atoms with Crippen molar-refractivity contribution in [2.24, 2.45) is 5.92 Å². The zero-order valence-corrected chi connectivity index (χ0v) is 12.5. The van der Waals surface area contributed by atoms with Crippen molar-refractivity contribution in [3.8, 4) is 0 Å². The molecule has 0 aliphatic heterocycles. The lowest BCUT2D eigenvalue weighted by Crippen LogP contribution is -2.34. The van der Waals surface area contributed by atoms with E-state index in [0.717, 1.165) is 30.9 Å². The lowest BCUT2D eigenvalue weighted by molar-refractivity contribution is -0.125. The van der Waals surface area contributed by atoms with Gasteiger partial charge in [-0.1, -0.05) is 19.3 Å². The predicted octanol–water partition coefficient (Wildman–Crippen LogP) is 2.03. The summed E-state index contributed by atoms with van der Waals surface area (Å²) >= 11 is 0. The van der Waals surface area contributed by atoms with Crippen LogP contribution in [0, 0.1) is 12.8 Å². The predicted molar refractivity (Wildman–Crippen MR) is 77.3 cm³/mol. The second-order valence-electron chi connectivity index (χ2n) is 5.53. The molecule has 5 nitrogen and oxygen atoms in total. The SMILES string of the molecule is COCc1ncc(C)n1CCNC(=O)C1CCCCC1. The van der Waals surface area contributed by atoms with Gasteiger partial charge in [0.05, 0.1) is 0 Å². The minimum absolute atomic E-state index is 0.218. The first-order chi connectivity index (χ1) is 9.72. The van der Waals surface area contributed by atoms with E-state index in [9.17, 15) is 4.79 Å². The van der Waals surface area contributed by atoms with Crippen molar-refractivity contribution < 1.29 is 9.53 Å². The van der Waals surface area contributed by atoms with E-state index in [1.165, 1.54) is 19.3 Å². The lowest BCUT2D eigenvalue weighted by Gasteiger charge is -2.21. The Bertz CT molecular complexity index is 436. The smallest absolute Gasteiger partial charge is 0.223 e. The molecule has 1 N–H and O–H groups in total. The summed E-state index contributed by atoms with van der Waals surface area (Å²) in [6, 6.07) is 0. The highest BCUT2D eigenvalue weighted by molar-refractivity contribution is 5.78. The van der Waals surface area contributed by atoms with Gasteiger partial charge in [-0.2, -0.15) is 0 Å². The van der Waals surface area contributed by atoms with E-state index < -0.39 is 0 Å². The molecular weight excluding hydrogens is 254 g/mol. The van der Waals surface area contributed by atoms with E-state index >= 15 is 0 Å².